The summed E-state index contributed by atoms with van der Waals surface area (Å²) in [6, 6.07) is 5.51. The molecule has 6 nitrogen and oxygen atoms in total. The van der Waals surface area contributed by atoms with Crippen LogP contribution in [-0.4, -0.2) is 15.9 Å². The molecule has 134 valence electrons. The van der Waals surface area contributed by atoms with E-state index in [1.807, 2.05) is 0 Å². The lowest BCUT2D eigenvalue weighted by molar-refractivity contribution is -0.138. The summed E-state index contributed by atoms with van der Waals surface area (Å²) < 4.78 is 57.3. The van der Waals surface area contributed by atoms with Crippen LogP contribution in [0.5, 0.6) is 5.75 Å². The summed E-state index contributed by atoms with van der Waals surface area (Å²) in [6.45, 7) is 0. The Kier molecular flexibility index (Phi) is 4.10. The smallest absolute Gasteiger partial charge is 0.417 e. The van der Waals surface area contributed by atoms with E-state index in [2.05, 4.69) is 9.97 Å². The van der Waals surface area contributed by atoms with Gasteiger partial charge in [0.25, 0.3) is 0 Å². The molecule has 1 aromatic heterocycles. The lowest BCUT2D eigenvalue weighted by Crippen LogP contribution is -2.17. The minimum Gasteiger partial charge on any atom is -0.423 e. The lowest BCUT2D eigenvalue weighted by atomic mass is 10.1. The van der Waals surface area contributed by atoms with Crippen LogP contribution in [0.15, 0.2) is 36.4 Å². The summed E-state index contributed by atoms with van der Waals surface area (Å²) in [5.41, 5.74) is 9.27. The standard InChI is InChI=1S/C16H10F4N4O2/c17-7-1-3-11(16(18,19)20)9(5-7)14(25)26-8-2-4-12-10(6-8)13(21)24-15(22)23-12/h1-6H,(H4,21,22,23,24). The average Bonchev–Trinajstić information content (AvgIpc) is 2.54. The highest BCUT2D eigenvalue weighted by Gasteiger charge is 2.36. The first-order chi connectivity index (χ1) is 12.1. The van der Waals surface area contributed by atoms with E-state index >= 15 is 0 Å². The van der Waals surface area contributed by atoms with Crippen LogP contribution < -0.4 is 16.2 Å². The fourth-order valence-electron chi connectivity index (χ4n) is 2.31. The summed E-state index contributed by atoms with van der Waals surface area (Å²) in [7, 11) is 0. The molecule has 0 bridgehead atoms. The maximum Gasteiger partial charge on any atom is 0.417 e. The number of carbonyl (C=O) groups excluding carboxylic acids is 1. The van der Waals surface area contributed by atoms with Gasteiger partial charge in [-0.25, -0.2) is 14.2 Å². The molecule has 26 heavy (non-hydrogen) atoms. The highest BCUT2D eigenvalue weighted by Crippen LogP contribution is 2.33. The van der Waals surface area contributed by atoms with Gasteiger partial charge >= 0.3 is 12.1 Å². The van der Waals surface area contributed by atoms with Gasteiger partial charge in [0.05, 0.1) is 16.6 Å². The second kappa shape index (κ2) is 6.14. The Bertz CT molecular complexity index is 1020. The predicted molar refractivity (Wildman–Crippen MR) is 84.7 cm³/mol. The van der Waals surface area contributed by atoms with Crippen LogP contribution in [0.4, 0.5) is 29.3 Å². The van der Waals surface area contributed by atoms with E-state index in [1.165, 1.54) is 18.2 Å². The van der Waals surface area contributed by atoms with Crippen molar-refractivity contribution in [3.63, 3.8) is 0 Å². The molecule has 0 radical (unpaired) electrons. The normalized spacial score (nSPS) is 11.5. The summed E-state index contributed by atoms with van der Waals surface area (Å²) in [4.78, 5) is 19.8. The van der Waals surface area contributed by atoms with Gasteiger partial charge in [0.2, 0.25) is 5.95 Å². The van der Waals surface area contributed by atoms with Gasteiger partial charge in [0.1, 0.15) is 17.4 Å². The van der Waals surface area contributed by atoms with E-state index in [9.17, 15) is 22.4 Å². The van der Waals surface area contributed by atoms with E-state index in [4.69, 9.17) is 16.2 Å². The first-order valence-electron chi connectivity index (χ1n) is 7.07. The van der Waals surface area contributed by atoms with E-state index in [0.717, 1.165) is 0 Å². The monoisotopic (exact) mass is 366 g/mol. The molecule has 0 spiro atoms. The predicted octanol–water partition coefficient (Wildman–Crippen LogP) is 3.17. The average molecular weight is 366 g/mol. The molecule has 0 aliphatic carbocycles. The number of esters is 1. The van der Waals surface area contributed by atoms with Crippen molar-refractivity contribution in [2.75, 3.05) is 11.5 Å². The lowest BCUT2D eigenvalue weighted by Gasteiger charge is -2.12. The molecular weight excluding hydrogens is 356 g/mol. The largest absolute Gasteiger partial charge is 0.423 e. The number of nitrogen functional groups attached to an aromatic ring is 2. The number of benzene rings is 2. The number of nitrogens with zero attached hydrogens (tertiary/aromatic N) is 2. The zero-order valence-corrected chi connectivity index (χ0v) is 12.8. The quantitative estimate of drug-likeness (QED) is 0.410. The highest BCUT2D eigenvalue weighted by atomic mass is 19.4. The number of hydrogen-bond donors (Lipinski definition) is 2. The molecule has 0 unspecified atom stereocenters. The third-order valence-electron chi connectivity index (χ3n) is 3.43. The van der Waals surface area contributed by atoms with Gasteiger partial charge in [0.15, 0.2) is 0 Å². The Morgan fingerprint density at radius 1 is 1.04 bits per heavy atom. The Morgan fingerprint density at radius 2 is 1.77 bits per heavy atom. The maximum atomic E-state index is 13.3. The van der Waals surface area contributed by atoms with E-state index < -0.39 is 29.1 Å². The van der Waals surface area contributed by atoms with Crippen molar-refractivity contribution in [1.82, 2.24) is 9.97 Å². The molecule has 0 fully saturated rings. The van der Waals surface area contributed by atoms with Crippen molar-refractivity contribution in [1.29, 1.82) is 0 Å². The molecule has 2 aromatic carbocycles. The van der Waals surface area contributed by atoms with Gasteiger partial charge in [0, 0.05) is 5.39 Å². The molecular formula is C16H10F4N4O2. The number of aromatic nitrogens is 2. The molecule has 4 N–H and O–H groups in total. The van der Waals surface area contributed by atoms with Gasteiger partial charge in [-0.1, -0.05) is 0 Å². The van der Waals surface area contributed by atoms with Crippen LogP contribution in [0.1, 0.15) is 15.9 Å². The van der Waals surface area contributed by atoms with Crippen molar-refractivity contribution < 1.29 is 27.1 Å². The number of alkyl halides is 3. The van der Waals surface area contributed by atoms with Gasteiger partial charge in [-0.2, -0.15) is 18.2 Å². The minimum atomic E-state index is -4.85. The summed E-state index contributed by atoms with van der Waals surface area (Å²) in [5, 5.41) is 0.291. The summed E-state index contributed by atoms with van der Waals surface area (Å²) >= 11 is 0. The molecule has 0 aliphatic rings. The van der Waals surface area contributed by atoms with Crippen molar-refractivity contribution in [2.45, 2.75) is 6.18 Å². The van der Waals surface area contributed by atoms with Gasteiger partial charge in [-0.3, -0.25) is 0 Å². The first kappa shape index (κ1) is 17.4. The van der Waals surface area contributed by atoms with Crippen LogP contribution in [0.2, 0.25) is 0 Å². The fraction of sp³-hybridized carbons (Fsp3) is 0.0625. The zero-order valence-electron chi connectivity index (χ0n) is 12.8. The van der Waals surface area contributed by atoms with E-state index in [-0.39, 0.29) is 17.5 Å². The number of carbonyl (C=O) groups is 1. The highest BCUT2D eigenvalue weighted by molar-refractivity contribution is 5.94. The number of nitrogens with two attached hydrogens (primary N) is 2. The molecule has 0 amide bonds. The van der Waals surface area contributed by atoms with Crippen LogP contribution in [0, 0.1) is 5.82 Å². The zero-order chi connectivity index (χ0) is 19.1. The molecule has 3 rings (SSSR count). The van der Waals surface area contributed by atoms with Crippen LogP contribution in [-0.2, 0) is 6.18 Å². The topological polar surface area (TPSA) is 104 Å². The van der Waals surface area contributed by atoms with Crippen LogP contribution in [0.3, 0.4) is 0 Å². The molecule has 1 heterocycles. The summed E-state index contributed by atoms with van der Waals surface area (Å²) in [6.07, 6.45) is -4.85. The molecule has 3 aromatic rings. The third-order valence-corrected chi connectivity index (χ3v) is 3.43. The minimum absolute atomic E-state index is 0.00661. The molecule has 0 saturated carbocycles. The maximum absolute atomic E-state index is 13.3. The second-order valence-corrected chi connectivity index (χ2v) is 5.22. The first-order valence-corrected chi connectivity index (χ1v) is 7.07. The number of ether oxygens (including phenoxy) is 1. The Labute approximate surface area is 143 Å². The number of rotatable bonds is 2. The van der Waals surface area contributed by atoms with Crippen LogP contribution in [0.25, 0.3) is 10.9 Å². The van der Waals surface area contributed by atoms with Crippen LogP contribution >= 0.6 is 0 Å². The van der Waals surface area contributed by atoms with Gasteiger partial charge < -0.3 is 16.2 Å². The third kappa shape index (κ3) is 3.34. The summed E-state index contributed by atoms with van der Waals surface area (Å²) in [5.74, 6) is -2.54. The van der Waals surface area contributed by atoms with Gasteiger partial charge in [-0.05, 0) is 36.4 Å². The molecule has 10 heteroatoms. The number of halogens is 4. The Hall–Kier alpha value is -3.43. The Balaban J connectivity index is 1.99. The van der Waals surface area contributed by atoms with Crippen molar-refractivity contribution >= 4 is 28.6 Å². The SMILES string of the molecule is Nc1nc(N)c2cc(OC(=O)c3cc(F)ccc3C(F)(F)F)ccc2n1. The number of fused-ring (bicyclic) bond motifs is 1. The van der Waals surface area contributed by atoms with Crippen molar-refractivity contribution in [2.24, 2.45) is 0 Å². The number of hydrogen-bond acceptors (Lipinski definition) is 6. The second-order valence-electron chi connectivity index (χ2n) is 5.22. The van der Waals surface area contributed by atoms with E-state index in [1.54, 1.807) is 0 Å². The van der Waals surface area contributed by atoms with Gasteiger partial charge in [-0.15, -0.1) is 0 Å². The fourth-order valence-corrected chi connectivity index (χ4v) is 2.31. The van der Waals surface area contributed by atoms with Crippen molar-refractivity contribution in [3.8, 4) is 5.75 Å². The Morgan fingerprint density at radius 3 is 2.46 bits per heavy atom. The molecule has 0 aliphatic heterocycles. The van der Waals surface area contributed by atoms with E-state index in [0.29, 0.717) is 29.1 Å². The number of anilines is 2. The van der Waals surface area contributed by atoms with Crippen molar-refractivity contribution in [3.05, 3.63) is 53.3 Å². The molecule has 0 atom stereocenters. The molecule has 0 saturated heterocycles.